The molecule has 7 heteroatoms. The molecule has 0 aliphatic carbocycles. The fraction of sp³-hybridized carbons (Fsp3) is 0.238. The van der Waals surface area contributed by atoms with E-state index in [1.807, 2.05) is 49.4 Å². The minimum Gasteiger partial charge on any atom is -0.486 e. The zero-order chi connectivity index (χ0) is 19.3. The molecule has 0 unspecified atom stereocenters. The summed E-state index contributed by atoms with van der Waals surface area (Å²) in [5, 5.41) is 7.41. The maximum Gasteiger partial charge on any atom is 0.163 e. The first kappa shape index (κ1) is 18.4. The second-order valence-corrected chi connectivity index (χ2v) is 6.91. The molecule has 28 heavy (non-hydrogen) atoms. The number of hydrogen-bond acceptors (Lipinski definition) is 6. The van der Waals surface area contributed by atoms with E-state index in [2.05, 4.69) is 26.7 Å². The van der Waals surface area contributed by atoms with Crippen LogP contribution in [-0.2, 0) is 6.42 Å². The van der Waals surface area contributed by atoms with Crippen LogP contribution in [0.4, 0.5) is 17.3 Å². The molecule has 0 bridgehead atoms. The van der Waals surface area contributed by atoms with Gasteiger partial charge in [-0.2, -0.15) is 0 Å². The molecule has 0 amide bonds. The maximum atomic E-state index is 6.04. The van der Waals surface area contributed by atoms with Gasteiger partial charge in [-0.15, -0.1) is 0 Å². The minimum absolute atomic E-state index is 0.559. The van der Waals surface area contributed by atoms with Gasteiger partial charge in [0.05, 0.1) is 0 Å². The lowest BCUT2D eigenvalue weighted by molar-refractivity contribution is 0.171. The van der Waals surface area contributed by atoms with Crippen LogP contribution < -0.4 is 20.1 Å². The van der Waals surface area contributed by atoms with E-state index in [1.54, 1.807) is 0 Å². The van der Waals surface area contributed by atoms with Gasteiger partial charge in [0.25, 0.3) is 0 Å². The number of aryl methyl sites for hydroxylation is 1. The van der Waals surface area contributed by atoms with E-state index in [9.17, 15) is 0 Å². The quantitative estimate of drug-likeness (QED) is 0.634. The summed E-state index contributed by atoms with van der Waals surface area (Å²) in [7, 11) is 0. The van der Waals surface area contributed by atoms with Crippen LogP contribution in [-0.4, -0.2) is 29.7 Å². The van der Waals surface area contributed by atoms with Crippen molar-refractivity contribution in [2.45, 2.75) is 13.3 Å². The van der Waals surface area contributed by atoms with Crippen LogP contribution in [0.5, 0.6) is 11.5 Å². The van der Waals surface area contributed by atoms with Crippen LogP contribution >= 0.6 is 11.6 Å². The number of benzene rings is 2. The number of nitrogens with one attached hydrogen (secondary N) is 2. The van der Waals surface area contributed by atoms with E-state index in [1.165, 1.54) is 5.56 Å². The molecule has 4 rings (SSSR count). The van der Waals surface area contributed by atoms with Crippen molar-refractivity contribution < 1.29 is 9.47 Å². The third-order valence-corrected chi connectivity index (χ3v) is 4.50. The fourth-order valence-electron chi connectivity index (χ4n) is 3.02. The van der Waals surface area contributed by atoms with E-state index in [4.69, 9.17) is 21.1 Å². The number of rotatable bonds is 6. The Balaban J connectivity index is 1.42. The van der Waals surface area contributed by atoms with Gasteiger partial charge in [0.15, 0.2) is 11.5 Å². The number of aromatic nitrogens is 2. The monoisotopic (exact) mass is 396 g/mol. The second kappa shape index (κ2) is 8.35. The predicted octanol–water partition coefficient (Wildman–Crippen LogP) is 4.61. The lowest BCUT2D eigenvalue weighted by atomic mass is 10.1. The van der Waals surface area contributed by atoms with Crippen molar-refractivity contribution in [2.24, 2.45) is 0 Å². The molecular formula is C21H21ClN4O2. The molecule has 2 heterocycles. The van der Waals surface area contributed by atoms with Crippen LogP contribution in [0.3, 0.4) is 0 Å². The molecule has 0 spiro atoms. The summed E-state index contributed by atoms with van der Waals surface area (Å²) in [6.45, 7) is 3.76. The van der Waals surface area contributed by atoms with Gasteiger partial charge in [0.1, 0.15) is 30.7 Å². The summed E-state index contributed by atoms with van der Waals surface area (Å²) in [4.78, 5) is 8.93. The van der Waals surface area contributed by atoms with Crippen molar-refractivity contribution in [3.8, 4) is 11.5 Å². The van der Waals surface area contributed by atoms with Gasteiger partial charge in [-0.25, -0.2) is 9.97 Å². The Morgan fingerprint density at radius 3 is 2.64 bits per heavy atom. The highest BCUT2D eigenvalue weighted by Gasteiger charge is 2.12. The Morgan fingerprint density at radius 1 is 0.964 bits per heavy atom. The topological polar surface area (TPSA) is 68.3 Å². The molecule has 3 aromatic rings. The molecule has 0 atom stereocenters. The second-order valence-electron chi connectivity index (χ2n) is 6.48. The number of fused-ring (bicyclic) bond motifs is 1. The lowest BCUT2D eigenvalue weighted by Gasteiger charge is -2.19. The van der Waals surface area contributed by atoms with Crippen molar-refractivity contribution in [3.63, 3.8) is 0 Å². The normalized spacial score (nSPS) is 12.5. The van der Waals surface area contributed by atoms with Crippen LogP contribution in [0.1, 0.15) is 11.4 Å². The highest BCUT2D eigenvalue weighted by Crippen LogP contribution is 2.33. The number of anilines is 3. The Bertz CT molecular complexity index is 980. The first-order valence-corrected chi connectivity index (χ1v) is 9.54. The number of halogens is 1. The standard InChI is InChI=1S/C21H21ClN4O2/c1-14-24-20(23-8-7-15-3-2-4-16(22)11-15)13-21(25-14)26-17-5-6-18-19(12-17)28-10-9-27-18/h2-6,11-13H,7-10H2,1H3,(H2,23,24,25,26). The third-order valence-electron chi connectivity index (χ3n) is 4.26. The minimum atomic E-state index is 0.559. The molecular weight excluding hydrogens is 376 g/mol. The Morgan fingerprint density at radius 2 is 1.79 bits per heavy atom. The smallest absolute Gasteiger partial charge is 0.163 e. The molecule has 0 saturated heterocycles. The Kier molecular flexibility index (Phi) is 5.48. The van der Waals surface area contributed by atoms with E-state index < -0.39 is 0 Å². The summed E-state index contributed by atoms with van der Waals surface area (Å²) < 4.78 is 11.2. The Labute approximate surface area is 168 Å². The van der Waals surface area contributed by atoms with Gasteiger partial charge < -0.3 is 20.1 Å². The fourth-order valence-corrected chi connectivity index (χ4v) is 3.23. The van der Waals surface area contributed by atoms with E-state index in [0.29, 0.717) is 19.0 Å². The van der Waals surface area contributed by atoms with E-state index >= 15 is 0 Å². The zero-order valence-corrected chi connectivity index (χ0v) is 16.3. The van der Waals surface area contributed by atoms with Gasteiger partial charge in [0, 0.05) is 29.4 Å². The average Bonchev–Trinajstić information content (AvgIpc) is 2.67. The first-order valence-electron chi connectivity index (χ1n) is 9.16. The SMILES string of the molecule is Cc1nc(NCCc2cccc(Cl)c2)cc(Nc2ccc3c(c2)OCCO3)n1. The molecule has 0 radical (unpaired) electrons. The van der Waals surface area contributed by atoms with Gasteiger partial charge in [-0.3, -0.25) is 0 Å². The molecule has 1 aliphatic rings. The van der Waals surface area contributed by atoms with Crippen molar-refractivity contribution >= 4 is 28.9 Å². The molecule has 1 aliphatic heterocycles. The van der Waals surface area contributed by atoms with Gasteiger partial charge in [-0.1, -0.05) is 23.7 Å². The number of hydrogen-bond donors (Lipinski definition) is 2. The summed E-state index contributed by atoms with van der Waals surface area (Å²) >= 11 is 6.04. The molecule has 6 nitrogen and oxygen atoms in total. The van der Waals surface area contributed by atoms with E-state index in [0.717, 1.165) is 46.8 Å². The van der Waals surface area contributed by atoms with Crippen LogP contribution in [0.15, 0.2) is 48.5 Å². The third kappa shape index (κ3) is 4.64. The molecule has 2 N–H and O–H groups in total. The number of ether oxygens (including phenoxy) is 2. The van der Waals surface area contributed by atoms with Crippen LogP contribution in [0, 0.1) is 6.92 Å². The highest BCUT2D eigenvalue weighted by atomic mass is 35.5. The molecule has 2 aromatic carbocycles. The highest BCUT2D eigenvalue weighted by molar-refractivity contribution is 6.30. The first-order chi connectivity index (χ1) is 13.7. The summed E-state index contributed by atoms with van der Waals surface area (Å²) in [5.41, 5.74) is 2.06. The summed E-state index contributed by atoms with van der Waals surface area (Å²) in [5.74, 6) is 3.68. The average molecular weight is 397 g/mol. The van der Waals surface area contributed by atoms with Crippen LogP contribution in [0.2, 0.25) is 5.02 Å². The maximum absolute atomic E-state index is 6.04. The largest absolute Gasteiger partial charge is 0.486 e. The van der Waals surface area contributed by atoms with Gasteiger partial charge in [-0.05, 0) is 43.2 Å². The molecule has 0 saturated carbocycles. The van der Waals surface area contributed by atoms with Crippen LogP contribution in [0.25, 0.3) is 0 Å². The summed E-state index contributed by atoms with van der Waals surface area (Å²) in [6, 6.07) is 15.5. The number of nitrogens with zero attached hydrogens (tertiary/aromatic N) is 2. The van der Waals surface area contributed by atoms with Crippen molar-refractivity contribution in [2.75, 3.05) is 30.4 Å². The Hall–Kier alpha value is -2.99. The molecule has 0 fully saturated rings. The summed E-state index contributed by atoms with van der Waals surface area (Å²) in [6.07, 6.45) is 0.856. The predicted molar refractivity (Wildman–Crippen MR) is 111 cm³/mol. The van der Waals surface area contributed by atoms with Gasteiger partial charge in [0.2, 0.25) is 0 Å². The molecule has 144 valence electrons. The van der Waals surface area contributed by atoms with E-state index in [-0.39, 0.29) is 0 Å². The van der Waals surface area contributed by atoms with Gasteiger partial charge >= 0.3 is 0 Å². The zero-order valence-electron chi connectivity index (χ0n) is 15.5. The molecule has 1 aromatic heterocycles. The lowest BCUT2D eigenvalue weighted by Crippen LogP contribution is -2.15. The van der Waals surface area contributed by atoms with Crippen molar-refractivity contribution in [1.29, 1.82) is 0 Å². The van der Waals surface area contributed by atoms with Crippen molar-refractivity contribution in [3.05, 3.63) is 64.9 Å². The van der Waals surface area contributed by atoms with Crippen molar-refractivity contribution in [1.82, 2.24) is 9.97 Å².